The summed E-state index contributed by atoms with van der Waals surface area (Å²) in [5, 5.41) is 12.0. The quantitative estimate of drug-likeness (QED) is 0.766. The Kier molecular flexibility index (Phi) is 4.22. The molecule has 0 aromatic carbocycles. The minimum atomic E-state index is -0.680. The van der Waals surface area contributed by atoms with E-state index in [1.165, 1.54) is 0 Å². The summed E-state index contributed by atoms with van der Waals surface area (Å²) >= 11 is 0. The second-order valence-electron chi connectivity index (χ2n) is 5.50. The van der Waals surface area contributed by atoms with Crippen molar-refractivity contribution in [2.45, 2.75) is 51.1 Å². The number of carboxylic acids is 1. The van der Waals surface area contributed by atoms with Gasteiger partial charge in [0.25, 0.3) is 0 Å². The molecule has 0 saturated carbocycles. The molecule has 0 bridgehead atoms. The molecular weight excluding hydrogens is 232 g/mol. The van der Waals surface area contributed by atoms with Crippen molar-refractivity contribution in [2.24, 2.45) is 5.92 Å². The fourth-order valence-corrected chi connectivity index (χ4v) is 3.19. The summed E-state index contributed by atoms with van der Waals surface area (Å²) in [6, 6.07) is 0.549. The third-order valence-electron chi connectivity index (χ3n) is 4.20. The number of rotatable bonds is 2. The molecule has 18 heavy (non-hydrogen) atoms. The van der Waals surface area contributed by atoms with Crippen molar-refractivity contribution in [3.05, 3.63) is 0 Å². The van der Waals surface area contributed by atoms with E-state index < -0.39 is 5.97 Å². The highest BCUT2D eigenvalue weighted by molar-refractivity contribution is 5.76. The second-order valence-corrected chi connectivity index (χ2v) is 5.50. The Hall–Kier alpha value is -1.10. The van der Waals surface area contributed by atoms with Crippen LogP contribution >= 0.6 is 0 Å². The van der Waals surface area contributed by atoms with Crippen LogP contribution in [0.4, 0.5) is 0 Å². The Morgan fingerprint density at radius 3 is 2.89 bits per heavy atom. The number of aliphatic carboxylic acids is 1. The monoisotopic (exact) mass is 254 g/mol. The zero-order valence-electron chi connectivity index (χ0n) is 10.9. The van der Waals surface area contributed by atoms with Crippen molar-refractivity contribution in [1.29, 1.82) is 0 Å². The van der Waals surface area contributed by atoms with Gasteiger partial charge in [-0.1, -0.05) is 0 Å². The maximum absolute atomic E-state index is 11.6. The molecule has 2 aliphatic rings. The van der Waals surface area contributed by atoms with Gasteiger partial charge in [-0.2, -0.15) is 0 Å². The number of hydrogen-bond donors (Lipinski definition) is 2. The van der Waals surface area contributed by atoms with Gasteiger partial charge >= 0.3 is 5.97 Å². The summed E-state index contributed by atoms with van der Waals surface area (Å²) in [6.45, 7) is 3.66. The first-order chi connectivity index (χ1) is 8.58. The van der Waals surface area contributed by atoms with E-state index >= 15 is 0 Å². The van der Waals surface area contributed by atoms with Gasteiger partial charge in [0, 0.05) is 25.0 Å². The van der Waals surface area contributed by atoms with Gasteiger partial charge in [-0.15, -0.1) is 0 Å². The molecule has 0 aromatic rings. The zero-order valence-corrected chi connectivity index (χ0v) is 10.9. The van der Waals surface area contributed by atoms with E-state index in [4.69, 9.17) is 5.11 Å². The molecule has 2 heterocycles. The number of hydrogen-bond acceptors (Lipinski definition) is 3. The smallest absolute Gasteiger partial charge is 0.306 e. The summed E-state index contributed by atoms with van der Waals surface area (Å²) in [4.78, 5) is 24.9. The molecule has 3 atom stereocenters. The molecule has 102 valence electrons. The lowest BCUT2D eigenvalue weighted by Crippen LogP contribution is -2.48. The number of carbonyl (C=O) groups excluding carboxylic acids is 1. The van der Waals surface area contributed by atoms with Crippen molar-refractivity contribution in [2.75, 3.05) is 13.1 Å². The lowest BCUT2D eigenvalue weighted by Gasteiger charge is -2.41. The fraction of sp³-hybridized carbons (Fsp3) is 0.846. The Balaban J connectivity index is 1.96. The summed E-state index contributed by atoms with van der Waals surface area (Å²) in [5.74, 6) is -0.763. The van der Waals surface area contributed by atoms with Crippen LogP contribution in [0.15, 0.2) is 0 Å². The summed E-state index contributed by atoms with van der Waals surface area (Å²) in [6.07, 6.45) is 4.01. The van der Waals surface area contributed by atoms with Crippen LogP contribution in [0.5, 0.6) is 0 Å². The average Bonchev–Trinajstić information content (AvgIpc) is 2.53. The van der Waals surface area contributed by atoms with Crippen molar-refractivity contribution in [3.8, 4) is 0 Å². The number of carbonyl (C=O) groups is 2. The predicted octanol–water partition coefficient (Wildman–Crippen LogP) is 0.840. The number of nitrogens with one attached hydrogen (secondary N) is 1. The molecule has 0 aliphatic carbocycles. The minimum Gasteiger partial charge on any atom is -0.481 e. The lowest BCUT2D eigenvalue weighted by molar-refractivity contribution is -0.144. The van der Waals surface area contributed by atoms with Crippen molar-refractivity contribution in [3.63, 3.8) is 0 Å². The highest BCUT2D eigenvalue weighted by Gasteiger charge is 2.34. The number of amides is 1. The van der Waals surface area contributed by atoms with Gasteiger partial charge in [0.2, 0.25) is 5.91 Å². The van der Waals surface area contributed by atoms with Crippen molar-refractivity contribution in [1.82, 2.24) is 10.2 Å². The summed E-state index contributed by atoms with van der Waals surface area (Å²) in [7, 11) is 0. The van der Waals surface area contributed by atoms with Crippen LogP contribution in [0.3, 0.4) is 0 Å². The van der Waals surface area contributed by atoms with Gasteiger partial charge in [-0.25, -0.2) is 0 Å². The van der Waals surface area contributed by atoms with Gasteiger partial charge in [0.05, 0.1) is 5.92 Å². The van der Waals surface area contributed by atoms with E-state index in [1.807, 2.05) is 0 Å². The first-order valence-electron chi connectivity index (χ1n) is 6.83. The van der Waals surface area contributed by atoms with E-state index in [1.54, 1.807) is 0 Å². The van der Waals surface area contributed by atoms with E-state index in [0.717, 1.165) is 25.9 Å². The summed E-state index contributed by atoms with van der Waals surface area (Å²) in [5.41, 5.74) is 0. The molecule has 0 aromatic heterocycles. The first-order valence-corrected chi connectivity index (χ1v) is 6.83. The topological polar surface area (TPSA) is 69.6 Å². The zero-order chi connectivity index (χ0) is 13.1. The Labute approximate surface area is 108 Å². The Morgan fingerprint density at radius 2 is 2.22 bits per heavy atom. The van der Waals surface area contributed by atoms with E-state index in [2.05, 4.69) is 17.1 Å². The van der Waals surface area contributed by atoms with Crippen LogP contribution in [0.2, 0.25) is 0 Å². The molecule has 3 unspecified atom stereocenters. The average molecular weight is 254 g/mol. The molecule has 2 saturated heterocycles. The van der Waals surface area contributed by atoms with Gasteiger partial charge in [0.1, 0.15) is 0 Å². The Bertz CT molecular complexity index is 332. The van der Waals surface area contributed by atoms with Crippen LogP contribution in [-0.4, -0.2) is 47.1 Å². The molecule has 2 fully saturated rings. The van der Waals surface area contributed by atoms with Crippen LogP contribution in [0.1, 0.15) is 39.0 Å². The molecule has 2 N–H and O–H groups in total. The minimum absolute atomic E-state index is 0.130. The van der Waals surface area contributed by atoms with Gasteiger partial charge in [0.15, 0.2) is 0 Å². The van der Waals surface area contributed by atoms with Crippen molar-refractivity contribution >= 4 is 11.9 Å². The third-order valence-corrected chi connectivity index (χ3v) is 4.20. The largest absolute Gasteiger partial charge is 0.481 e. The van der Waals surface area contributed by atoms with Gasteiger partial charge in [-0.05, 0) is 39.2 Å². The van der Waals surface area contributed by atoms with E-state index in [0.29, 0.717) is 19.3 Å². The highest BCUT2D eigenvalue weighted by atomic mass is 16.4. The SMILES string of the molecule is CC1CC(C(=O)O)CCN1C1CCCNC(=O)C1. The molecule has 5 nitrogen and oxygen atoms in total. The second kappa shape index (κ2) is 5.69. The van der Waals surface area contributed by atoms with Crippen LogP contribution < -0.4 is 5.32 Å². The molecule has 2 rings (SSSR count). The number of nitrogens with zero attached hydrogens (tertiary/aromatic N) is 1. The lowest BCUT2D eigenvalue weighted by atomic mass is 9.89. The number of piperidine rings is 1. The first kappa shape index (κ1) is 13.3. The van der Waals surface area contributed by atoms with Crippen LogP contribution in [-0.2, 0) is 9.59 Å². The highest BCUT2D eigenvalue weighted by Crippen LogP contribution is 2.27. The normalized spacial score (nSPS) is 34.7. The molecule has 0 radical (unpaired) electrons. The Morgan fingerprint density at radius 1 is 1.44 bits per heavy atom. The predicted molar refractivity (Wildman–Crippen MR) is 67.2 cm³/mol. The number of likely N-dealkylation sites (tertiary alicyclic amines) is 1. The summed E-state index contributed by atoms with van der Waals surface area (Å²) < 4.78 is 0. The van der Waals surface area contributed by atoms with Crippen LogP contribution in [0, 0.1) is 5.92 Å². The molecule has 1 amide bonds. The van der Waals surface area contributed by atoms with Gasteiger partial charge in [-0.3, -0.25) is 14.5 Å². The molecular formula is C13H22N2O3. The molecule has 2 aliphatic heterocycles. The van der Waals surface area contributed by atoms with Crippen LogP contribution in [0.25, 0.3) is 0 Å². The fourth-order valence-electron chi connectivity index (χ4n) is 3.19. The van der Waals surface area contributed by atoms with E-state index in [9.17, 15) is 9.59 Å². The molecule has 5 heteroatoms. The third kappa shape index (κ3) is 3.02. The molecule has 0 spiro atoms. The van der Waals surface area contributed by atoms with E-state index in [-0.39, 0.29) is 23.9 Å². The standard InChI is InChI=1S/C13H22N2O3/c1-9-7-10(13(17)18)4-6-15(9)11-3-2-5-14-12(16)8-11/h9-11H,2-8H2,1H3,(H,14,16)(H,17,18). The van der Waals surface area contributed by atoms with Crippen molar-refractivity contribution < 1.29 is 14.7 Å². The number of carboxylic acid groups (broad SMARTS) is 1. The maximum atomic E-state index is 11.6. The van der Waals surface area contributed by atoms with Gasteiger partial charge < -0.3 is 10.4 Å². The maximum Gasteiger partial charge on any atom is 0.306 e.